The van der Waals surface area contributed by atoms with Crippen LogP contribution in [-0.2, 0) is 0 Å². The van der Waals surface area contributed by atoms with Gasteiger partial charge in [-0.2, -0.15) is 0 Å². The van der Waals surface area contributed by atoms with Crippen LogP contribution in [0.4, 0.5) is 0 Å². The van der Waals surface area contributed by atoms with E-state index in [1.54, 1.807) is 10.6 Å². The van der Waals surface area contributed by atoms with Gasteiger partial charge in [0, 0.05) is 37.6 Å². The number of aromatic nitrogens is 2. The molecule has 1 aliphatic rings. The van der Waals surface area contributed by atoms with E-state index in [9.17, 15) is 9.59 Å². The Morgan fingerprint density at radius 1 is 1.07 bits per heavy atom. The van der Waals surface area contributed by atoms with Crippen molar-refractivity contribution in [3.63, 3.8) is 0 Å². The Hall–Kier alpha value is -3.06. The van der Waals surface area contributed by atoms with Gasteiger partial charge in [-0.3, -0.25) is 14.2 Å². The second-order valence-corrected chi connectivity index (χ2v) is 7.20. The van der Waals surface area contributed by atoms with Crippen molar-refractivity contribution in [3.8, 4) is 11.4 Å². The summed E-state index contributed by atoms with van der Waals surface area (Å²) in [7, 11) is 0. The van der Waals surface area contributed by atoms with E-state index >= 15 is 0 Å². The second-order valence-electron chi connectivity index (χ2n) is 7.20. The number of amides is 1. The lowest BCUT2D eigenvalue weighted by atomic mass is 10.2. The standard InChI is InChI=1S/C21H24N4O3/c1-14(2)28-17-6-4-16(5-7-17)25-19(26)8-3-15-13-18(23-20(15)25)21(27)24-11-9-22-10-12-24/h3-8,13-14,22-23H,9-12H2,1-2H3. The summed E-state index contributed by atoms with van der Waals surface area (Å²) in [4.78, 5) is 30.4. The van der Waals surface area contributed by atoms with E-state index in [1.807, 2.05) is 49.1 Å². The van der Waals surface area contributed by atoms with E-state index in [-0.39, 0.29) is 17.6 Å². The number of carbonyl (C=O) groups excluding carboxylic acids is 1. The van der Waals surface area contributed by atoms with Gasteiger partial charge in [0.25, 0.3) is 11.5 Å². The molecule has 0 spiro atoms. The maximum atomic E-state index is 12.8. The highest BCUT2D eigenvalue weighted by molar-refractivity contribution is 5.97. The van der Waals surface area contributed by atoms with Crippen LogP contribution >= 0.6 is 0 Å². The number of rotatable bonds is 4. The Morgan fingerprint density at radius 3 is 2.46 bits per heavy atom. The largest absolute Gasteiger partial charge is 0.491 e. The van der Waals surface area contributed by atoms with Crippen LogP contribution in [0.1, 0.15) is 24.3 Å². The number of benzene rings is 1. The summed E-state index contributed by atoms with van der Waals surface area (Å²) in [5, 5.41) is 4.06. The minimum absolute atomic E-state index is 0.0441. The molecule has 3 heterocycles. The summed E-state index contributed by atoms with van der Waals surface area (Å²) in [6, 6.07) is 12.5. The molecule has 1 aliphatic heterocycles. The molecule has 0 aliphatic carbocycles. The highest BCUT2D eigenvalue weighted by Gasteiger charge is 2.20. The molecule has 0 atom stereocenters. The van der Waals surface area contributed by atoms with Crippen LogP contribution in [0.25, 0.3) is 16.7 Å². The molecular weight excluding hydrogens is 356 g/mol. The summed E-state index contributed by atoms with van der Waals surface area (Å²) in [6.45, 7) is 6.88. The number of nitrogens with zero attached hydrogens (tertiary/aromatic N) is 2. The van der Waals surface area contributed by atoms with Gasteiger partial charge in [0.1, 0.15) is 17.1 Å². The monoisotopic (exact) mass is 380 g/mol. The zero-order chi connectivity index (χ0) is 19.7. The summed E-state index contributed by atoms with van der Waals surface area (Å²) in [5.41, 5.74) is 1.67. The van der Waals surface area contributed by atoms with E-state index in [0.717, 1.165) is 29.9 Å². The molecule has 7 heteroatoms. The van der Waals surface area contributed by atoms with Gasteiger partial charge >= 0.3 is 0 Å². The van der Waals surface area contributed by atoms with Gasteiger partial charge in [-0.25, -0.2) is 0 Å². The van der Waals surface area contributed by atoms with Gasteiger partial charge in [-0.15, -0.1) is 0 Å². The molecule has 0 unspecified atom stereocenters. The SMILES string of the molecule is CC(C)Oc1ccc(-n2c(=O)ccc3cc(C(=O)N4CCNCC4)[nH]c32)cc1. The first-order valence-electron chi connectivity index (χ1n) is 9.55. The number of fused-ring (bicyclic) bond motifs is 1. The lowest BCUT2D eigenvalue weighted by molar-refractivity contribution is 0.0731. The van der Waals surface area contributed by atoms with Crippen molar-refractivity contribution in [2.24, 2.45) is 0 Å². The summed E-state index contributed by atoms with van der Waals surface area (Å²) < 4.78 is 7.26. The van der Waals surface area contributed by atoms with Crippen LogP contribution in [0.2, 0.25) is 0 Å². The molecule has 3 aromatic rings. The van der Waals surface area contributed by atoms with E-state index < -0.39 is 0 Å². The fourth-order valence-electron chi connectivity index (χ4n) is 3.47. The number of carbonyl (C=O) groups is 1. The average Bonchev–Trinajstić information content (AvgIpc) is 3.12. The fraction of sp³-hybridized carbons (Fsp3) is 0.333. The first-order chi connectivity index (χ1) is 13.5. The third-order valence-corrected chi connectivity index (χ3v) is 4.78. The van der Waals surface area contributed by atoms with Crippen LogP contribution in [0.3, 0.4) is 0 Å². The number of aromatic amines is 1. The number of H-pyrrole nitrogens is 1. The van der Waals surface area contributed by atoms with Crippen LogP contribution < -0.4 is 15.6 Å². The molecule has 0 radical (unpaired) electrons. The Morgan fingerprint density at radius 2 is 1.79 bits per heavy atom. The van der Waals surface area contributed by atoms with Gasteiger partial charge in [-0.05, 0) is 50.2 Å². The van der Waals surface area contributed by atoms with Crippen molar-refractivity contribution in [2.45, 2.75) is 20.0 Å². The number of piperazine rings is 1. The highest BCUT2D eigenvalue weighted by Crippen LogP contribution is 2.21. The molecule has 4 rings (SSSR count). The normalized spacial score (nSPS) is 14.6. The lowest BCUT2D eigenvalue weighted by Gasteiger charge is -2.26. The minimum Gasteiger partial charge on any atom is -0.491 e. The Bertz CT molecular complexity index is 1040. The van der Waals surface area contributed by atoms with Gasteiger partial charge in [0.2, 0.25) is 0 Å². The minimum atomic E-state index is -0.159. The maximum absolute atomic E-state index is 12.8. The fourth-order valence-corrected chi connectivity index (χ4v) is 3.47. The molecule has 146 valence electrons. The lowest BCUT2D eigenvalue weighted by Crippen LogP contribution is -2.46. The molecule has 1 amide bonds. The Balaban J connectivity index is 1.72. The molecule has 1 aromatic carbocycles. The predicted octanol–water partition coefficient (Wildman–Crippen LogP) is 2.15. The van der Waals surface area contributed by atoms with Crippen molar-refractivity contribution in [3.05, 3.63) is 58.5 Å². The number of hydrogen-bond acceptors (Lipinski definition) is 4. The smallest absolute Gasteiger partial charge is 0.270 e. The summed E-state index contributed by atoms with van der Waals surface area (Å²) >= 11 is 0. The first kappa shape index (κ1) is 18.3. The highest BCUT2D eigenvalue weighted by atomic mass is 16.5. The average molecular weight is 380 g/mol. The van der Waals surface area contributed by atoms with Crippen LogP contribution in [-0.4, -0.2) is 52.6 Å². The quantitative estimate of drug-likeness (QED) is 0.727. The number of ether oxygens (including phenoxy) is 1. The number of nitrogens with one attached hydrogen (secondary N) is 2. The van der Waals surface area contributed by atoms with Crippen molar-refractivity contribution in [2.75, 3.05) is 26.2 Å². The third kappa shape index (κ3) is 3.53. The predicted molar refractivity (Wildman–Crippen MR) is 108 cm³/mol. The van der Waals surface area contributed by atoms with E-state index in [2.05, 4.69) is 10.3 Å². The second kappa shape index (κ2) is 7.52. The van der Waals surface area contributed by atoms with Gasteiger partial charge in [0.15, 0.2) is 0 Å². The summed E-state index contributed by atoms with van der Waals surface area (Å²) in [6.07, 6.45) is 0.0824. The Labute approximate surface area is 162 Å². The van der Waals surface area contributed by atoms with Crippen molar-refractivity contribution in [1.82, 2.24) is 19.8 Å². The van der Waals surface area contributed by atoms with Crippen LogP contribution in [0, 0.1) is 0 Å². The van der Waals surface area contributed by atoms with Crippen molar-refractivity contribution >= 4 is 16.9 Å². The van der Waals surface area contributed by atoms with Crippen molar-refractivity contribution < 1.29 is 9.53 Å². The molecule has 0 saturated carbocycles. The molecule has 2 N–H and O–H groups in total. The first-order valence-corrected chi connectivity index (χ1v) is 9.55. The molecule has 28 heavy (non-hydrogen) atoms. The van der Waals surface area contributed by atoms with Gasteiger partial charge < -0.3 is 19.9 Å². The molecule has 1 fully saturated rings. The Kier molecular flexibility index (Phi) is 4.92. The molecule has 7 nitrogen and oxygen atoms in total. The summed E-state index contributed by atoms with van der Waals surface area (Å²) in [5.74, 6) is 0.706. The maximum Gasteiger partial charge on any atom is 0.270 e. The van der Waals surface area contributed by atoms with Gasteiger partial charge in [0.05, 0.1) is 11.8 Å². The molecule has 1 saturated heterocycles. The molecule has 0 bridgehead atoms. The van der Waals surface area contributed by atoms with Crippen LogP contribution in [0.15, 0.2) is 47.3 Å². The molecular formula is C21H24N4O3. The zero-order valence-electron chi connectivity index (χ0n) is 16.1. The number of pyridine rings is 1. The topological polar surface area (TPSA) is 79.4 Å². The number of hydrogen-bond donors (Lipinski definition) is 2. The van der Waals surface area contributed by atoms with E-state index in [1.165, 1.54) is 6.07 Å². The molecule has 2 aromatic heterocycles. The van der Waals surface area contributed by atoms with Crippen LogP contribution in [0.5, 0.6) is 5.75 Å². The van der Waals surface area contributed by atoms with E-state index in [0.29, 0.717) is 24.4 Å². The van der Waals surface area contributed by atoms with Gasteiger partial charge in [-0.1, -0.05) is 0 Å². The zero-order valence-corrected chi connectivity index (χ0v) is 16.1. The van der Waals surface area contributed by atoms with E-state index in [4.69, 9.17) is 4.74 Å². The van der Waals surface area contributed by atoms with Crippen molar-refractivity contribution in [1.29, 1.82) is 0 Å². The third-order valence-electron chi connectivity index (χ3n) is 4.78.